The van der Waals surface area contributed by atoms with Crippen molar-refractivity contribution < 1.29 is 28.5 Å². The van der Waals surface area contributed by atoms with Crippen molar-refractivity contribution in [3.05, 3.63) is 12.3 Å². The summed E-state index contributed by atoms with van der Waals surface area (Å²) in [5.74, 6) is 0.635. The molecule has 1 aromatic rings. The van der Waals surface area contributed by atoms with Gasteiger partial charge in [0, 0.05) is 6.20 Å². The van der Waals surface area contributed by atoms with Crippen LogP contribution in [0.2, 0.25) is 6.82 Å². The number of pyridine rings is 1. The summed E-state index contributed by atoms with van der Waals surface area (Å²) >= 11 is 0. The summed E-state index contributed by atoms with van der Waals surface area (Å²) in [4.78, 5) is 31.5. The number of rotatable bonds is 8. The number of carbonyl (C=O) groups is 2. The van der Waals surface area contributed by atoms with Crippen LogP contribution < -0.4 is 15.1 Å². The fourth-order valence-electron chi connectivity index (χ4n) is 3.76. The molecule has 0 aliphatic heterocycles. The van der Waals surface area contributed by atoms with Crippen molar-refractivity contribution in [1.82, 2.24) is 4.98 Å². The highest BCUT2D eigenvalue weighted by Gasteiger charge is 2.44. The zero-order chi connectivity index (χ0) is 28.3. The maximum Gasteiger partial charge on any atom is 0.425 e. The second-order valence-corrected chi connectivity index (χ2v) is 12.4. The van der Waals surface area contributed by atoms with Crippen molar-refractivity contribution in [2.45, 2.75) is 113 Å². The normalized spacial score (nSPS) is 13.6. The first-order valence-corrected chi connectivity index (χ1v) is 12.6. The molecule has 0 spiro atoms. The van der Waals surface area contributed by atoms with E-state index in [0.29, 0.717) is 11.4 Å². The summed E-state index contributed by atoms with van der Waals surface area (Å²) in [5.41, 5.74) is -1.66. The van der Waals surface area contributed by atoms with Crippen LogP contribution in [0.3, 0.4) is 0 Å². The fourth-order valence-corrected chi connectivity index (χ4v) is 3.76. The van der Waals surface area contributed by atoms with Crippen LogP contribution in [0.5, 0.6) is 5.75 Å². The molecule has 0 saturated carbocycles. The van der Waals surface area contributed by atoms with Gasteiger partial charge in [-0.1, -0.05) is 40.9 Å². The summed E-state index contributed by atoms with van der Waals surface area (Å²) in [6, 6.07) is 1.77. The van der Waals surface area contributed by atoms with Crippen LogP contribution in [0, 0.1) is 11.3 Å². The molecule has 204 valence electrons. The number of hydrogen-bond donors (Lipinski definition) is 0. The smallest absolute Gasteiger partial charge is 0.425 e. The minimum atomic E-state index is -0.911. The van der Waals surface area contributed by atoms with E-state index in [9.17, 15) is 9.59 Å². The zero-order valence-electron chi connectivity index (χ0n) is 24.9. The third kappa shape index (κ3) is 7.86. The minimum absolute atomic E-state index is 0.0204. The third-order valence-corrected chi connectivity index (χ3v) is 6.79. The number of nitrogens with zero attached hydrogens (tertiary/aromatic N) is 2. The predicted molar refractivity (Wildman–Crippen MR) is 145 cm³/mol. The van der Waals surface area contributed by atoms with E-state index in [1.165, 1.54) is 13.3 Å². The van der Waals surface area contributed by atoms with E-state index in [4.69, 9.17) is 18.9 Å². The number of ether oxygens (including phenoxy) is 3. The summed E-state index contributed by atoms with van der Waals surface area (Å²) in [6.07, 6.45) is 0.720. The van der Waals surface area contributed by atoms with E-state index >= 15 is 0 Å². The highest BCUT2D eigenvalue weighted by atomic mass is 16.6. The molecule has 1 aromatic heterocycles. The minimum Gasteiger partial charge on any atom is -0.493 e. The molecule has 0 radical (unpaired) electrons. The van der Waals surface area contributed by atoms with Gasteiger partial charge >= 0.3 is 19.1 Å². The monoisotopic (exact) mass is 506 g/mol. The average Bonchev–Trinajstić information content (AvgIpc) is 2.69. The van der Waals surface area contributed by atoms with Crippen molar-refractivity contribution >= 4 is 30.4 Å². The molecule has 0 aromatic carbocycles. The van der Waals surface area contributed by atoms with Crippen LogP contribution in [0.25, 0.3) is 0 Å². The molecule has 9 heteroatoms. The number of aromatic nitrogens is 1. The van der Waals surface area contributed by atoms with Crippen LogP contribution in [-0.4, -0.2) is 48.0 Å². The number of imide groups is 1. The quantitative estimate of drug-likeness (QED) is 0.374. The van der Waals surface area contributed by atoms with Gasteiger partial charge in [0.15, 0.2) is 11.6 Å². The van der Waals surface area contributed by atoms with E-state index in [-0.39, 0.29) is 17.0 Å². The van der Waals surface area contributed by atoms with E-state index in [1.807, 2.05) is 6.82 Å². The largest absolute Gasteiger partial charge is 0.493 e. The number of amides is 2. The van der Waals surface area contributed by atoms with E-state index in [0.717, 1.165) is 11.3 Å². The van der Waals surface area contributed by atoms with Gasteiger partial charge in [0.1, 0.15) is 11.2 Å². The Labute approximate surface area is 218 Å². The first-order valence-electron chi connectivity index (χ1n) is 12.6. The number of methoxy groups -OCH3 is 1. The van der Waals surface area contributed by atoms with Crippen molar-refractivity contribution in [3.8, 4) is 5.75 Å². The van der Waals surface area contributed by atoms with Gasteiger partial charge in [-0.15, -0.1) is 0 Å². The fraction of sp³-hybridized carbons (Fsp3) is 0.741. The summed E-state index contributed by atoms with van der Waals surface area (Å²) in [6.45, 7) is 24.8. The van der Waals surface area contributed by atoms with Crippen LogP contribution >= 0.6 is 0 Å². The van der Waals surface area contributed by atoms with Crippen LogP contribution in [0.1, 0.15) is 89.5 Å². The highest BCUT2D eigenvalue weighted by molar-refractivity contribution is 6.67. The molecular formula is C27H47BN2O6. The molecule has 0 bridgehead atoms. The van der Waals surface area contributed by atoms with Gasteiger partial charge in [0.05, 0.1) is 12.7 Å². The van der Waals surface area contributed by atoms with Crippen molar-refractivity contribution in [3.63, 3.8) is 0 Å². The molecule has 1 rings (SSSR count). The molecular weight excluding hydrogens is 459 g/mol. The Morgan fingerprint density at radius 2 is 1.44 bits per heavy atom. The lowest BCUT2D eigenvalue weighted by molar-refractivity contribution is -0.0452. The summed E-state index contributed by atoms with van der Waals surface area (Å²) < 4.78 is 23.3. The number of anilines is 1. The Morgan fingerprint density at radius 1 is 0.972 bits per heavy atom. The SMILES string of the molecule is CCC(C)C(C)(C)C(C)(C)OB(C)c1ccnc(N(C(=O)OC(C)(C)C)C(=O)OC(C)(C)C)c1OC. The summed E-state index contributed by atoms with van der Waals surface area (Å²) in [7, 11) is 1.47. The lowest BCUT2D eigenvalue weighted by Crippen LogP contribution is -2.51. The van der Waals surface area contributed by atoms with Crippen molar-refractivity contribution in [2.24, 2.45) is 11.3 Å². The van der Waals surface area contributed by atoms with Gasteiger partial charge in [-0.25, -0.2) is 14.6 Å². The van der Waals surface area contributed by atoms with Crippen molar-refractivity contribution in [1.29, 1.82) is 0 Å². The topological polar surface area (TPSA) is 87.2 Å². The van der Waals surface area contributed by atoms with Crippen LogP contribution in [-0.2, 0) is 14.1 Å². The molecule has 2 amide bonds. The lowest BCUT2D eigenvalue weighted by Gasteiger charge is -2.47. The van der Waals surface area contributed by atoms with Gasteiger partial charge in [-0.05, 0) is 78.3 Å². The van der Waals surface area contributed by atoms with E-state index < -0.39 is 35.9 Å². The van der Waals surface area contributed by atoms with Gasteiger partial charge in [-0.3, -0.25) is 0 Å². The molecule has 0 saturated heterocycles. The maximum atomic E-state index is 13.2. The average molecular weight is 506 g/mol. The number of hydrogen-bond acceptors (Lipinski definition) is 7. The Morgan fingerprint density at radius 3 is 1.83 bits per heavy atom. The molecule has 0 aliphatic carbocycles. The molecule has 8 nitrogen and oxygen atoms in total. The Kier molecular flexibility index (Phi) is 10.1. The summed E-state index contributed by atoms with van der Waals surface area (Å²) in [5, 5.41) is 0. The zero-order valence-corrected chi connectivity index (χ0v) is 24.9. The van der Waals surface area contributed by atoms with Crippen LogP contribution in [0.4, 0.5) is 15.4 Å². The molecule has 0 N–H and O–H groups in total. The highest BCUT2D eigenvalue weighted by Crippen LogP contribution is 2.42. The molecule has 1 atom stereocenters. The predicted octanol–water partition coefficient (Wildman–Crippen LogP) is 6.46. The van der Waals surface area contributed by atoms with Gasteiger partial charge < -0.3 is 18.9 Å². The van der Waals surface area contributed by atoms with Crippen LogP contribution in [0.15, 0.2) is 12.3 Å². The van der Waals surface area contributed by atoms with Gasteiger partial charge in [-0.2, -0.15) is 4.90 Å². The van der Waals surface area contributed by atoms with Gasteiger partial charge in [0.25, 0.3) is 0 Å². The Hall–Kier alpha value is -2.29. The molecule has 1 unspecified atom stereocenters. The Balaban J connectivity index is 3.57. The number of carbonyl (C=O) groups excluding carboxylic acids is 2. The van der Waals surface area contributed by atoms with E-state index in [2.05, 4.69) is 46.5 Å². The lowest BCUT2D eigenvalue weighted by atomic mass is 9.60. The molecule has 0 fully saturated rings. The first kappa shape index (κ1) is 31.7. The standard InChI is InChI=1S/C27H47BN2O6/c1-15-18(2)26(9,10)27(11,12)36-28(13)19-16-17-29-21(20(19)33-14)30(22(31)34-24(3,4)5)23(32)35-25(6,7)8/h16-18H,15H2,1-14H3. The molecule has 1 heterocycles. The second kappa shape index (κ2) is 11.4. The third-order valence-electron chi connectivity index (χ3n) is 6.79. The second-order valence-electron chi connectivity index (χ2n) is 12.4. The molecule has 36 heavy (non-hydrogen) atoms. The maximum absolute atomic E-state index is 13.2. The van der Waals surface area contributed by atoms with Gasteiger partial charge in [0.2, 0.25) is 0 Å². The molecule has 0 aliphatic rings. The first-order chi connectivity index (χ1) is 16.2. The van der Waals surface area contributed by atoms with Crippen molar-refractivity contribution in [2.75, 3.05) is 12.0 Å². The Bertz CT molecular complexity index is 890. The van der Waals surface area contributed by atoms with E-state index in [1.54, 1.807) is 47.6 Å².